The van der Waals surface area contributed by atoms with Crippen LogP contribution in [0.1, 0.15) is 30.8 Å². The summed E-state index contributed by atoms with van der Waals surface area (Å²) in [5, 5.41) is 13.6. The minimum absolute atomic E-state index is 0.250. The molecule has 2 rings (SSSR count). The lowest BCUT2D eigenvalue weighted by Gasteiger charge is -2.06. The van der Waals surface area contributed by atoms with Gasteiger partial charge < -0.3 is 5.11 Å². The van der Waals surface area contributed by atoms with Crippen molar-refractivity contribution in [3.05, 3.63) is 42.1 Å². The number of aromatic carboxylic acids is 1. The van der Waals surface area contributed by atoms with Crippen LogP contribution in [0.25, 0.3) is 11.3 Å². The third-order valence-corrected chi connectivity index (χ3v) is 2.99. The number of rotatable bonds is 5. The van der Waals surface area contributed by atoms with Crippen LogP contribution in [0.2, 0.25) is 0 Å². The van der Waals surface area contributed by atoms with E-state index in [0.29, 0.717) is 18.2 Å². The van der Waals surface area contributed by atoms with Gasteiger partial charge in [0.25, 0.3) is 0 Å². The zero-order valence-corrected chi connectivity index (χ0v) is 11.2. The number of hydrogen-bond donors (Lipinski definition) is 1. The van der Waals surface area contributed by atoms with Crippen molar-refractivity contribution in [2.24, 2.45) is 5.92 Å². The molecule has 0 aliphatic carbocycles. The van der Waals surface area contributed by atoms with Crippen molar-refractivity contribution >= 4 is 5.97 Å². The molecule has 0 bridgehead atoms. The Morgan fingerprint density at radius 2 is 2.00 bits per heavy atom. The monoisotopic (exact) mass is 258 g/mol. The lowest BCUT2D eigenvalue weighted by Crippen LogP contribution is -2.11. The number of carbonyl (C=O) groups is 1. The molecule has 1 heterocycles. The highest BCUT2D eigenvalue weighted by Gasteiger charge is 2.15. The van der Waals surface area contributed by atoms with Crippen LogP contribution in [0.15, 0.2) is 36.4 Å². The summed E-state index contributed by atoms with van der Waals surface area (Å²) in [7, 11) is 0. The standard InChI is InChI=1S/C15H18N2O2/c1-11(2)8-9-17-14(15(18)19)10-13(16-17)12-6-4-3-5-7-12/h3-7,10-11H,8-9H2,1-2H3,(H,18,19). The number of carboxylic acid groups (broad SMARTS) is 1. The van der Waals surface area contributed by atoms with Crippen LogP contribution in [0.4, 0.5) is 0 Å². The fraction of sp³-hybridized carbons (Fsp3) is 0.333. The van der Waals surface area contributed by atoms with E-state index < -0.39 is 5.97 Å². The van der Waals surface area contributed by atoms with Gasteiger partial charge in [-0.1, -0.05) is 44.2 Å². The molecule has 0 saturated carbocycles. The van der Waals surface area contributed by atoms with Crippen LogP contribution in [0, 0.1) is 5.92 Å². The summed E-state index contributed by atoms with van der Waals surface area (Å²) in [6.07, 6.45) is 0.913. The van der Waals surface area contributed by atoms with Crippen LogP contribution in [0.5, 0.6) is 0 Å². The maximum Gasteiger partial charge on any atom is 0.354 e. The molecule has 0 atom stereocenters. The molecule has 4 nitrogen and oxygen atoms in total. The first-order valence-corrected chi connectivity index (χ1v) is 6.44. The number of hydrogen-bond acceptors (Lipinski definition) is 2. The van der Waals surface area contributed by atoms with Gasteiger partial charge in [-0.05, 0) is 18.4 Å². The Hall–Kier alpha value is -2.10. The van der Waals surface area contributed by atoms with E-state index in [-0.39, 0.29) is 5.69 Å². The number of aryl methyl sites for hydroxylation is 1. The van der Waals surface area contributed by atoms with Crippen molar-refractivity contribution in [3.63, 3.8) is 0 Å². The van der Waals surface area contributed by atoms with Gasteiger partial charge in [0.2, 0.25) is 0 Å². The molecule has 2 aromatic rings. The van der Waals surface area contributed by atoms with Gasteiger partial charge >= 0.3 is 5.97 Å². The second-order valence-electron chi connectivity index (χ2n) is 4.99. The Morgan fingerprint density at radius 1 is 1.32 bits per heavy atom. The number of benzene rings is 1. The Bertz CT molecular complexity index is 559. The Morgan fingerprint density at radius 3 is 2.58 bits per heavy atom. The van der Waals surface area contributed by atoms with Gasteiger partial charge in [-0.2, -0.15) is 5.10 Å². The second kappa shape index (κ2) is 5.69. The third kappa shape index (κ3) is 3.22. The molecule has 4 heteroatoms. The molecular weight excluding hydrogens is 240 g/mol. The van der Waals surface area contributed by atoms with Gasteiger partial charge in [-0.15, -0.1) is 0 Å². The molecule has 0 unspecified atom stereocenters. The summed E-state index contributed by atoms with van der Waals surface area (Å²) in [4.78, 5) is 11.3. The summed E-state index contributed by atoms with van der Waals surface area (Å²) in [5.74, 6) is -0.413. The van der Waals surface area contributed by atoms with E-state index in [2.05, 4.69) is 18.9 Å². The first kappa shape index (κ1) is 13.3. The fourth-order valence-electron chi connectivity index (χ4n) is 1.89. The predicted molar refractivity (Wildman–Crippen MR) is 74.1 cm³/mol. The SMILES string of the molecule is CC(C)CCn1nc(-c2ccccc2)cc1C(=O)O. The molecule has 1 aromatic heterocycles. The maximum absolute atomic E-state index is 11.3. The highest BCUT2D eigenvalue weighted by atomic mass is 16.4. The van der Waals surface area contributed by atoms with Gasteiger partial charge in [0.1, 0.15) is 5.69 Å². The smallest absolute Gasteiger partial charge is 0.354 e. The molecule has 1 aromatic carbocycles. The van der Waals surface area contributed by atoms with Crippen molar-refractivity contribution in [1.82, 2.24) is 9.78 Å². The largest absolute Gasteiger partial charge is 0.477 e. The molecule has 100 valence electrons. The van der Waals surface area contributed by atoms with Crippen LogP contribution in [0.3, 0.4) is 0 Å². The van der Waals surface area contributed by atoms with Gasteiger partial charge in [-0.3, -0.25) is 4.68 Å². The van der Waals surface area contributed by atoms with Crippen LogP contribution >= 0.6 is 0 Å². The summed E-state index contributed by atoms with van der Waals surface area (Å²) >= 11 is 0. The van der Waals surface area contributed by atoms with Gasteiger partial charge in [0, 0.05) is 12.1 Å². The van der Waals surface area contributed by atoms with Crippen LogP contribution in [-0.4, -0.2) is 20.9 Å². The molecule has 0 saturated heterocycles. The predicted octanol–water partition coefficient (Wildman–Crippen LogP) is 3.29. The average Bonchev–Trinajstić information content (AvgIpc) is 2.81. The molecule has 1 N–H and O–H groups in total. The lowest BCUT2D eigenvalue weighted by molar-refractivity contribution is 0.0682. The molecule has 0 aliphatic rings. The zero-order chi connectivity index (χ0) is 13.8. The van der Waals surface area contributed by atoms with Gasteiger partial charge in [-0.25, -0.2) is 4.79 Å². The molecule has 0 radical (unpaired) electrons. The Kier molecular flexibility index (Phi) is 4.00. The summed E-state index contributed by atoms with van der Waals surface area (Å²) < 4.78 is 1.59. The molecule has 0 spiro atoms. The molecule has 0 fully saturated rings. The van der Waals surface area contributed by atoms with Crippen LogP contribution in [-0.2, 0) is 6.54 Å². The van der Waals surface area contributed by atoms with E-state index in [9.17, 15) is 9.90 Å². The second-order valence-corrected chi connectivity index (χ2v) is 4.99. The number of aromatic nitrogens is 2. The normalized spacial score (nSPS) is 10.9. The Labute approximate surface area is 112 Å². The van der Waals surface area contributed by atoms with E-state index in [1.807, 2.05) is 30.3 Å². The quantitative estimate of drug-likeness (QED) is 0.895. The molecule has 19 heavy (non-hydrogen) atoms. The minimum Gasteiger partial charge on any atom is -0.477 e. The van der Waals surface area contributed by atoms with E-state index in [1.165, 1.54) is 0 Å². The van der Waals surface area contributed by atoms with Crippen LogP contribution < -0.4 is 0 Å². The zero-order valence-electron chi connectivity index (χ0n) is 11.2. The van der Waals surface area contributed by atoms with Crippen molar-refractivity contribution in [1.29, 1.82) is 0 Å². The summed E-state index contributed by atoms with van der Waals surface area (Å²) in [6.45, 7) is 4.86. The maximum atomic E-state index is 11.3. The van der Waals surface area contributed by atoms with Crippen molar-refractivity contribution < 1.29 is 9.90 Å². The van der Waals surface area contributed by atoms with Crippen molar-refractivity contribution in [2.45, 2.75) is 26.8 Å². The minimum atomic E-state index is -0.932. The first-order chi connectivity index (χ1) is 9.08. The van der Waals surface area contributed by atoms with Crippen molar-refractivity contribution in [3.8, 4) is 11.3 Å². The molecule has 0 amide bonds. The van der Waals surface area contributed by atoms with E-state index >= 15 is 0 Å². The first-order valence-electron chi connectivity index (χ1n) is 6.44. The number of nitrogens with zero attached hydrogens (tertiary/aromatic N) is 2. The van der Waals surface area contributed by atoms with Crippen molar-refractivity contribution in [2.75, 3.05) is 0 Å². The Balaban J connectivity index is 2.32. The molecule has 0 aliphatic heterocycles. The highest BCUT2D eigenvalue weighted by molar-refractivity contribution is 5.87. The topological polar surface area (TPSA) is 55.1 Å². The molecular formula is C15H18N2O2. The van der Waals surface area contributed by atoms with Gasteiger partial charge in [0.15, 0.2) is 0 Å². The third-order valence-electron chi connectivity index (χ3n) is 2.99. The number of carboxylic acids is 1. The summed E-state index contributed by atoms with van der Waals surface area (Å²) in [5.41, 5.74) is 1.90. The highest BCUT2D eigenvalue weighted by Crippen LogP contribution is 2.19. The van der Waals surface area contributed by atoms with E-state index in [4.69, 9.17) is 0 Å². The van der Waals surface area contributed by atoms with Gasteiger partial charge in [0.05, 0.1) is 5.69 Å². The average molecular weight is 258 g/mol. The van der Waals surface area contributed by atoms with E-state index in [1.54, 1.807) is 10.7 Å². The van der Waals surface area contributed by atoms with E-state index in [0.717, 1.165) is 12.0 Å². The summed E-state index contributed by atoms with van der Waals surface area (Å²) in [6, 6.07) is 11.3. The lowest BCUT2D eigenvalue weighted by atomic mass is 10.1. The fourth-order valence-corrected chi connectivity index (χ4v) is 1.89.